The summed E-state index contributed by atoms with van der Waals surface area (Å²) in [5.41, 5.74) is 0. The minimum Gasteiger partial charge on any atom is -0.422 e. The second-order valence-electron chi connectivity index (χ2n) is 4.46. The molecular formula is C10H19N3O3S. The molecule has 98 valence electrons. The van der Waals surface area contributed by atoms with E-state index in [0.29, 0.717) is 12.4 Å². The molecule has 0 amide bonds. The van der Waals surface area contributed by atoms with Crippen molar-refractivity contribution in [2.45, 2.75) is 38.5 Å². The average Bonchev–Trinajstić information content (AvgIpc) is 2.65. The third kappa shape index (κ3) is 3.26. The molecule has 6 nitrogen and oxygen atoms in total. The predicted molar refractivity (Wildman–Crippen MR) is 64.2 cm³/mol. The van der Waals surface area contributed by atoms with Crippen LogP contribution in [0.4, 0.5) is 0 Å². The first-order valence-corrected chi connectivity index (χ1v) is 7.41. The molecular weight excluding hydrogens is 242 g/mol. The van der Waals surface area contributed by atoms with Gasteiger partial charge in [-0.2, -0.15) is 0 Å². The van der Waals surface area contributed by atoms with Crippen LogP contribution in [0.3, 0.4) is 0 Å². The first-order chi connectivity index (χ1) is 7.79. The monoisotopic (exact) mass is 261 g/mol. The van der Waals surface area contributed by atoms with E-state index >= 15 is 0 Å². The molecule has 0 spiro atoms. The van der Waals surface area contributed by atoms with Gasteiger partial charge in [-0.15, -0.1) is 10.2 Å². The van der Waals surface area contributed by atoms with Gasteiger partial charge in [-0.05, 0) is 26.8 Å². The van der Waals surface area contributed by atoms with Crippen molar-refractivity contribution in [3.05, 3.63) is 11.8 Å². The van der Waals surface area contributed by atoms with Gasteiger partial charge in [0, 0.05) is 6.26 Å². The van der Waals surface area contributed by atoms with Crippen LogP contribution < -0.4 is 5.32 Å². The fraction of sp³-hybridized carbons (Fsp3) is 0.800. The van der Waals surface area contributed by atoms with Crippen LogP contribution in [0.5, 0.6) is 0 Å². The molecule has 0 fully saturated rings. The molecule has 0 aliphatic rings. The summed E-state index contributed by atoms with van der Waals surface area (Å²) < 4.78 is 27.4. The second kappa shape index (κ2) is 5.14. The van der Waals surface area contributed by atoms with Crippen LogP contribution in [0.25, 0.3) is 0 Å². The minimum absolute atomic E-state index is 0.133. The highest BCUT2D eigenvalue weighted by molar-refractivity contribution is 7.91. The number of rotatable bonds is 6. The van der Waals surface area contributed by atoms with Gasteiger partial charge in [0.2, 0.25) is 11.8 Å². The van der Waals surface area contributed by atoms with Gasteiger partial charge < -0.3 is 9.73 Å². The Morgan fingerprint density at radius 3 is 2.53 bits per heavy atom. The van der Waals surface area contributed by atoms with Crippen LogP contribution in [0.15, 0.2) is 4.42 Å². The maximum Gasteiger partial charge on any atom is 0.237 e. The number of aromatic nitrogens is 2. The van der Waals surface area contributed by atoms with Crippen molar-refractivity contribution in [2.75, 3.05) is 12.8 Å². The molecule has 0 aliphatic carbocycles. The summed E-state index contributed by atoms with van der Waals surface area (Å²) in [6.07, 6.45) is 2.17. The summed E-state index contributed by atoms with van der Waals surface area (Å²) in [4.78, 5) is 0. The van der Waals surface area contributed by atoms with Gasteiger partial charge in [-0.3, -0.25) is 0 Å². The average molecular weight is 261 g/mol. The van der Waals surface area contributed by atoms with Gasteiger partial charge >= 0.3 is 0 Å². The molecule has 0 saturated heterocycles. The van der Waals surface area contributed by atoms with Crippen LogP contribution in [0.1, 0.15) is 39.0 Å². The molecule has 1 rings (SSSR count). The zero-order valence-electron chi connectivity index (χ0n) is 10.6. The minimum atomic E-state index is -3.28. The van der Waals surface area contributed by atoms with Crippen molar-refractivity contribution in [3.8, 4) is 0 Å². The number of sulfone groups is 1. The highest BCUT2D eigenvalue weighted by atomic mass is 32.2. The van der Waals surface area contributed by atoms with Crippen molar-refractivity contribution >= 4 is 9.84 Å². The quantitative estimate of drug-likeness (QED) is 0.764. The van der Waals surface area contributed by atoms with Crippen molar-refractivity contribution in [3.63, 3.8) is 0 Å². The smallest absolute Gasteiger partial charge is 0.237 e. The van der Waals surface area contributed by atoms with E-state index in [1.807, 2.05) is 0 Å². The van der Waals surface area contributed by atoms with E-state index in [1.54, 1.807) is 13.8 Å². The standard InChI is InChI=1S/C10H19N3O3S/c1-5-6-11-7-8-12-13-9(16-8)10(2,3)17(4,14)15/h11H,5-7H2,1-4H3. The molecule has 0 unspecified atom stereocenters. The molecule has 0 radical (unpaired) electrons. The Morgan fingerprint density at radius 2 is 2.00 bits per heavy atom. The molecule has 7 heteroatoms. The number of hydrogen-bond acceptors (Lipinski definition) is 6. The fourth-order valence-corrected chi connectivity index (χ4v) is 1.50. The Labute approximate surface area is 102 Å². The Bertz CT molecular complexity index is 465. The van der Waals surface area contributed by atoms with Gasteiger partial charge in [0.1, 0.15) is 4.75 Å². The van der Waals surface area contributed by atoms with Crippen molar-refractivity contribution in [2.24, 2.45) is 0 Å². The number of hydrogen-bond donors (Lipinski definition) is 1. The van der Waals surface area contributed by atoms with Gasteiger partial charge in [0.15, 0.2) is 9.84 Å². The largest absolute Gasteiger partial charge is 0.422 e. The first kappa shape index (κ1) is 14.1. The van der Waals surface area contributed by atoms with Gasteiger partial charge in [0.05, 0.1) is 6.54 Å². The van der Waals surface area contributed by atoms with Crippen LogP contribution >= 0.6 is 0 Å². The Hall–Kier alpha value is -0.950. The van der Waals surface area contributed by atoms with Crippen LogP contribution in [-0.2, 0) is 21.1 Å². The van der Waals surface area contributed by atoms with Crippen LogP contribution in [0.2, 0.25) is 0 Å². The first-order valence-electron chi connectivity index (χ1n) is 5.52. The Balaban J connectivity index is 2.81. The van der Waals surface area contributed by atoms with Gasteiger partial charge in [0.25, 0.3) is 0 Å². The maximum absolute atomic E-state index is 11.6. The molecule has 0 atom stereocenters. The number of nitrogens with one attached hydrogen (secondary N) is 1. The summed E-state index contributed by atoms with van der Waals surface area (Å²) in [5.74, 6) is 0.540. The van der Waals surface area contributed by atoms with E-state index in [4.69, 9.17) is 4.42 Å². The zero-order valence-corrected chi connectivity index (χ0v) is 11.5. The summed E-state index contributed by atoms with van der Waals surface area (Å²) in [7, 11) is -3.28. The molecule has 1 aromatic heterocycles. The Morgan fingerprint density at radius 1 is 1.35 bits per heavy atom. The van der Waals surface area contributed by atoms with Crippen molar-refractivity contribution in [1.29, 1.82) is 0 Å². The van der Waals surface area contributed by atoms with E-state index < -0.39 is 14.6 Å². The van der Waals surface area contributed by atoms with Crippen molar-refractivity contribution in [1.82, 2.24) is 15.5 Å². The van der Waals surface area contributed by atoms with Gasteiger partial charge in [-0.25, -0.2) is 8.42 Å². The van der Waals surface area contributed by atoms with Crippen LogP contribution in [0, 0.1) is 0 Å². The summed E-state index contributed by atoms with van der Waals surface area (Å²) in [5, 5.41) is 10.7. The molecule has 0 aliphatic heterocycles. The lowest BCUT2D eigenvalue weighted by Crippen LogP contribution is -2.28. The zero-order chi connectivity index (χ0) is 13.1. The van der Waals surface area contributed by atoms with E-state index in [0.717, 1.165) is 19.2 Å². The third-order valence-corrected chi connectivity index (χ3v) is 4.64. The molecule has 1 N–H and O–H groups in total. The SMILES string of the molecule is CCCNCc1nnc(C(C)(C)S(C)(=O)=O)o1. The molecule has 0 bridgehead atoms. The maximum atomic E-state index is 11.6. The molecule has 1 aromatic rings. The lowest BCUT2D eigenvalue weighted by atomic mass is 10.2. The van der Waals surface area contributed by atoms with E-state index in [1.165, 1.54) is 0 Å². The molecule has 17 heavy (non-hydrogen) atoms. The fourth-order valence-electron chi connectivity index (χ4n) is 1.10. The van der Waals surface area contributed by atoms with Gasteiger partial charge in [-0.1, -0.05) is 6.92 Å². The summed E-state index contributed by atoms with van der Waals surface area (Å²) in [6.45, 7) is 6.48. The lowest BCUT2D eigenvalue weighted by molar-refractivity contribution is 0.396. The third-order valence-electron chi connectivity index (χ3n) is 2.61. The van der Waals surface area contributed by atoms with E-state index in [2.05, 4.69) is 22.4 Å². The summed E-state index contributed by atoms with van der Waals surface area (Å²) in [6, 6.07) is 0. The normalized spacial score (nSPS) is 12.9. The van der Waals surface area contributed by atoms with E-state index in [-0.39, 0.29) is 5.89 Å². The Kier molecular flexibility index (Phi) is 4.26. The van der Waals surface area contributed by atoms with Crippen LogP contribution in [-0.4, -0.2) is 31.4 Å². The lowest BCUT2D eigenvalue weighted by Gasteiger charge is -2.16. The molecule has 0 aromatic carbocycles. The highest BCUT2D eigenvalue weighted by Crippen LogP contribution is 2.27. The highest BCUT2D eigenvalue weighted by Gasteiger charge is 2.37. The molecule has 1 heterocycles. The van der Waals surface area contributed by atoms with E-state index in [9.17, 15) is 8.42 Å². The number of nitrogens with zero attached hydrogens (tertiary/aromatic N) is 2. The topological polar surface area (TPSA) is 85.1 Å². The second-order valence-corrected chi connectivity index (χ2v) is 7.03. The van der Waals surface area contributed by atoms with Crippen molar-refractivity contribution < 1.29 is 12.8 Å². The molecule has 0 saturated carbocycles. The summed E-state index contributed by atoms with van der Waals surface area (Å²) >= 11 is 0. The predicted octanol–water partition coefficient (Wildman–Crippen LogP) is 0.849.